The fourth-order valence-corrected chi connectivity index (χ4v) is 2.71. The zero-order valence-corrected chi connectivity index (χ0v) is 13.2. The van der Waals surface area contributed by atoms with Gasteiger partial charge in [-0.3, -0.25) is 0 Å². The number of aromatic nitrogens is 3. The Bertz CT molecular complexity index is 572. The van der Waals surface area contributed by atoms with E-state index in [1.807, 2.05) is 16.8 Å². The molecule has 2 aromatic rings. The monoisotopic (exact) mass is 295 g/mol. The highest BCUT2D eigenvalue weighted by molar-refractivity contribution is 7.98. The van der Waals surface area contributed by atoms with Gasteiger partial charge in [0.15, 0.2) is 0 Å². The van der Waals surface area contributed by atoms with Crippen LogP contribution in [-0.2, 0) is 11.3 Å². The Kier molecular flexibility index (Phi) is 4.21. The first-order valence-electron chi connectivity index (χ1n) is 6.13. The van der Waals surface area contributed by atoms with E-state index < -0.39 is 0 Å². The van der Waals surface area contributed by atoms with Crippen LogP contribution in [0.3, 0.4) is 0 Å². The molecule has 0 aliphatic rings. The van der Waals surface area contributed by atoms with Crippen molar-refractivity contribution in [3.63, 3.8) is 0 Å². The van der Waals surface area contributed by atoms with Crippen molar-refractivity contribution in [3.05, 3.63) is 35.7 Å². The van der Waals surface area contributed by atoms with Crippen LogP contribution in [0.2, 0.25) is 0 Å². The predicted octanol–water partition coefficient (Wildman–Crippen LogP) is 4.03. The second-order valence-electron chi connectivity index (χ2n) is 5.38. The standard InChI is InChI=1S/C14H18ClN3S/c1-14(2,3)13-12(9-15)16-17-18(13)10-6-5-7-11(8-10)19-4/h5-8H,9H2,1-4H3. The number of halogens is 1. The lowest BCUT2D eigenvalue weighted by molar-refractivity contribution is 0.539. The first-order chi connectivity index (χ1) is 8.97. The molecule has 0 N–H and O–H groups in total. The third kappa shape index (κ3) is 2.95. The van der Waals surface area contributed by atoms with Crippen molar-refractivity contribution in [2.75, 3.05) is 6.26 Å². The molecule has 5 heteroatoms. The summed E-state index contributed by atoms with van der Waals surface area (Å²) in [5.41, 5.74) is 2.90. The van der Waals surface area contributed by atoms with Gasteiger partial charge in [-0.05, 0) is 24.5 Å². The zero-order valence-electron chi connectivity index (χ0n) is 11.6. The molecule has 0 saturated heterocycles. The van der Waals surface area contributed by atoms with Crippen LogP contribution in [0.15, 0.2) is 29.2 Å². The molecule has 1 heterocycles. The summed E-state index contributed by atoms with van der Waals surface area (Å²) >= 11 is 7.69. The molecule has 0 spiro atoms. The Morgan fingerprint density at radius 2 is 2.05 bits per heavy atom. The number of benzene rings is 1. The van der Waals surface area contributed by atoms with Gasteiger partial charge in [0.1, 0.15) is 5.69 Å². The second kappa shape index (κ2) is 5.55. The topological polar surface area (TPSA) is 30.7 Å². The smallest absolute Gasteiger partial charge is 0.102 e. The molecule has 0 atom stereocenters. The molecule has 19 heavy (non-hydrogen) atoms. The summed E-state index contributed by atoms with van der Waals surface area (Å²) in [6.07, 6.45) is 2.06. The Labute approximate surface area is 123 Å². The average Bonchev–Trinajstić information content (AvgIpc) is 2.82. The van der Waals surface area contributed by atoms with Crippen molar-refractivity contribution < 1.29 is 0 Å². The minimum atomic E-state index is -0.0525. The van der Waals surface area contributed by atoms with Crippen LogP contribution in [0.5, 0.6) is 0 Å². The first-order valence-corrected chi connectivity index (χ1v) is 7.88. The summed E-state index contributed by atoms with van der Waals surface area (Å²) in [7, 11) is 0. The van der Waals surface area contributed by atoms with E-state index in [4.69, 9.17) is 11.6 Å². The Morgan fingerprint density at radius 3 is 2.63 bits per heavy atom. The molecule has 0 aliphatic heterocycles. The summed E-state index contributed by atoms with van der Waals surface area (Å²) < 4.78 is 1.90. The van der Waals surface area contributed by atoms with Gasteiger partial charge < -0.3 is 0 Å². The summed E-state index contributed by atoms with van der Waals surface area (Å²) in [4.78, 5) is 1.21. The fraction of sp³-hybridized carbons (Fsp3) is 0.429. The average molecular weight is 296 g/mol. The maximum Gasteiger partial charge on any atom is 0.102 e. The van der Waals surface area contributed by atoms with Crippen LogP contribution in [0.1, 0.15) is 32.2 Å². The molecule has 1 aromatic carbocycles. The van der Waals surface area contributed by atoms with E-state index in [1.54, 1.807) is 11.8 Å². The van der Waals surface area contributed by atoms with Crippen molar-refractivity contribution >= 4 is 23.4 Å². The van der Waals surface area contributed by atoms with E-state index in [1.165, 1.54) is 4.90 Å². The van der Waals surface area contributed by atoms with Crippen LogP contribution in [0.25, 0.3) is 5.69 Å². The molecule has 0 fully saturated rings. The first kappa shape index (κ1) is 14.4. The largest absolute Gasteiger partial charge is 0.217 e. The molecular weight excluding hydrogens is 278 g/mol. The lowest BCUT2D eigenvalue weighted by Gasteiger charge is -2.21. The molecule has 102 valence electrons. The summed E-state index contributed by atoms with van der Waals surface area (Å²) in [6, 6.07) is 8.29. The minimum absolute atomic E-state index is 0.0525. The SMILES string of the molecule is CSc1cccc(-n2nnc(CCl)c2C(C)(C)C)c1. The predicted molar refractivity (Wildman–Crippen MR) is 81.4 cm³/mol. The summed E-state index contributed by atoms with van der Waals surface area (Å²) in [6.45, 7) is 6.45. The van der Waals surface area contributed by atoms with E-state index in [-0.39, 0.29) is 5.41 Å². The highest BCUT2D eigenvalue weighted by Gasteiger charge is 2.25. The van der Waals surface area contributed by atoms with Gasteiger partial charge in [-0.1, -0.05) is 32.1 Å². The van der Waals surface area contributed by atoms with Gasteiger partial charge >= 0.3 is 0 Å². The van der Waals surface area contributed by atoms with Gasteiger partial charge in [0.25, 0.3) is 0 Å². The van der Waals surface area contributed by atoms with Crippen molar-refractivity contribution in [3.8, 4) is 5.69 Å². The molecular formula is C14H18ClN3S. The van der Waals surface area contributed by atoms with Crippen molar-refractivity contribution in [1.29, 1.82) is 0 Å². The second-order valence-corrected chi connectivity index (χ2v) is 6.53. The lowest BCUT2D eigenvalue weighted by Crippen LogP contribution is -2.19. The Balaban J connectivity index is 2.59. The third-order valence-corrected chi connectivity index (χ3v) is 3.85. The molecule has 0 unspecified atom stereocenters. The molecule has 0 radical (unpaired) electrons. The van der Waals surface area contributed by atoms with Gasteiger partial charge in [0, 0.05) is 10.3 Å². The number of hydrogen-bond acceptors (Lipinski definition) is 3. The number of thioether (sulfide) groups is 1. The number of alkyl halides is 1. The molecule has 3 nitrogen and oxygen atoms in total. The molecule has 0 saturated carbocycles. The van der Waals surface area contributed by atoms with Crippen LogP contribution in [0.4, 0.5) is 0 Å². The minimum Gasteiger partial charge on any atom is -0.217 e. The number of rotatable bonds is 3. The fourth-order valence-electron chi connectivity index (χ4n) is 2.08. The quantitative estimate of drug-likeness (QED) is 0.633. The normalized spacial score (nSPS) is 11.8. The van der Waals surface area contributed by atoms with Gasteiger partial charge in [0.05, 0.1) is 17.3 Å². The van der Waals surface area contributed by atoms with Crippen LogP contribution >= 0.6 is 23.4 Å². The molecule has 0 bridgehead atoms. The highest BCUT2D eigenvalue weighted by atomic mass is 35.5. The van der Waals surface area contributed by atoms with Crippen LogP contribution < -0.4 is 0 Å². The molecule has 2 rings (SSSR count). The van der Waals surface area contributed by atoms with Crippen LogP contribution in [-0.4, -0.2) is 21.2 Å². The van der Waals surface area contributed by atoms with Gasteiger partial charge in [-0.2, -0.15) is 0 Å². The molecule has 1 aromatic heterocycles. The summed E-state index contributed by atoms with van der Waals surface area (Å²) in [5, 5.41) is 8.48. The third-order valence-electron chi connectivity index (χ3n) is 2.87. The Hall–Kier alpha value is -1.000. The van der Waals surface area contributed by atoms with E-state index in [9.17, 15) is 0 Å². The zero-order chi connectivity index (χ0) is 14.0. The van der Waals surface area contributed by atoms with E-state index in [0.29, 0.717) is 5.88 Å². The van der Waals surface area contributed by atoms with Crippen LogP contribution in [0, 0.1) is 0 Å². The van der Waals surface area contributed by atoms with Gasteiger partial charge in [-0.25, -0.2) is 4.68 Å². The van der Waals surface area contributed by atoms with Crippen molar-refractivity contribution in [2.45, 2.75) is 37.0 Å². The number of nitrogens with zero attached hydrogens (tertiary/aromatic N) is 3. The maximum atomic E-state index is 5.98. The molecule has 0 aliphatic carbocycles. The van der Waals surface area contributed by atoms with Gasteiger partial charge in [-0.15, -0.1) is 28.5 Å². The maximum absolute atomic E-state index is 5.98. The van der Waals surface area contributed by atoms with Gasteiger partial charge in [0.2, 0.25) is 0 Å². The lowest BCUT2D eigenvalue weighted by atomic mass is 9.90. The van der Waals surface area contributed by atoms with Crippen molar-refractivity contribution in [1.82, 2.24) is 15.0 Å². The Morgan fingerprint density at radius 1 is 1.32 bits per heavy atom. The molecule has 0 amide bonds. The van der Waals surface area contributed by atoms with E-state index in [0.717, 1.165) is 17.1 Å². The van der Waals surface area contributed by atoms with E-state index >= 15 is 0 Å². The summed E-state index contributed by atoms with van der Waals surface area (Å²) in [5.74, 6) is 0.384. The number of hydrogen-bond donors (Lipinski definition) is 0. The van der Waals surface area contributed by atoms with E-state index in [2.05, 4.69) is 49.5 Å². The highest BCUT2D eigenvalue weighted by Crippen LogP contribution is 2.28. The van der Waals surface area contributed by atoms with Crippen molar-refractivity contribution in [2.24, 2.45) is 0 Å².